The number of piperidine rings is 1. The van der Waals surface area contributed by atoms with E-state index < -0.39 is 5.97 Å². The first kappa shape index (κ1) is 16.0. The maximum absolute atomic E-state index is 12.2. The Morgan fingerprint density at radius 2 is 2.11 bits per heavy atom. The molecule has 0 saturated carbocycles. The number of hydrogen-bond donors (Lipinski definition) is 3. The third-order valence-electron chi connectivity index (χ3n) is 4.01. The van der Waals surface area contributed by atoms with Gasteiger partial charge >= 0.3 is 5.97 Å². The Bertz CT molecular complexity index is 310. The standard InChI is InChI=1S/C14H26N2O3/c1-14(2,11-6-5-8-15-10-11)13(19)16-9-4-3-7-12(17)18/h11,15H,3-10H2,1-2H3,(H,16,19)(H,17,18). The van der Waals surface area contributed by atoms with Crippen LogP contribution in [-0.4, -0.2) is 36.6 Å². The summed E-state index contributed by atoms with van der Waals surface area (Å²) in [7, 11) is 0. The van der Waals surface area contributed by atoms with Crippen molar-refractivity contribution < 1.29 is 14.7 Å². The quantitative estimate of drug-likeness (QED) is 0.611. The SMILES string of the molecule is CC(C)(C(=O)NCCCCC(=O)O)C1CCCNC1. The van der Waals surface area contributed by atoms with E-state index in [1.54, 1.807) is 0 Å². The van der Waals surface area contributed by atoms with Gasteiger partial charge in [0.15, 0.2) is 0 Å². The second kappa shape index (κ2) is 7.48. The van der Waals surface area contributed by atoms with Crippen LogP contribution in [0.15, 0.2) is 0 Å². The van der Waals surface area contributed by atoms with E-state index in [9.17, 15) is 9.59 Å². The van der Waals surface area contributed by atoms with Gasteiger partial charge in [0.2, 0.25) is 5.91 Å². The van der Waals surface area contributed by atoms with Gasteiger partial charge in [0.1, 0.15) is 0 Å². The Labute approximate surface area is 115 Å². The zero-order valence-corrected chi connectivity index (χ0v) is 12.0. The molecule has 1 aliphatic heterocycles. The van der Waals surface area contributed by atoms with Crippen LogP contribution in [-0.2, 0) is 9.59 Å². The molecule has 19 heavy (non-hydrogen) atoms. The van der Waals surface area contributed by atoms with Crippen LogP contribution in [0, 0.1) is 11.3 Å². The highest BCUT2D eigenvalue weighted by Crippen LogP contribution is 2.31. The lowest BCUT2D eigenvalue weighted by Crippen LogP contribution is -2.47. The van der Waals surface area contributed by atoms with E-state index in [2.05, 4.69) is 10.6 Å². The summed E-state index contributed by atoms with van der Waals surface area (Å²) in [4.78, 5) is 22.6. The Morgan fingerprint density at radius 1 is 1.37 bits per heavy atom. The van der Waals surface area contributed by atoms with Crippen molar-refractivity contribution in [2.45, 2.75) is 46.0 Å². The number of carbonyl (C=O) groups is 2. The topological polar surface area (TPSA) is 78.4 Å². The third kappa shape index (κ3) is 5.19. The van der Waals surface area contributed by atoms with Crippen LogP contribution >= 0.6 is 0 Å². The Balaban J connectivity index is 2.28. The lowest BCUT2D eigenvalue weighted by atomic mass is 9.74. The molecule has 1 atom stereocenters. The lowest BCUT2D eigenvalue weighted by Gasteiger charge is -2.36. The zero-order chi connectivity index (χ0) is 14.3. The summed E-state index contributed by atoms with van der Waals surface area (Å²) in [5.41, 5.74) is -0.361. The average Bonchev–Trinajstić information content (AvgIpc) is 2.38. The second-order valence-electron chi connectivity index (χ2n) is 5.87. The number of nitrogens with one attached hydrogen (secondary N) is 2. The van der Waals surface area contributed by atoms with Crippen LogP contribution in [0.4, 0.5) is 0 Å². The van der Waals surface area contributed by atoms with Gasteiger partial charge in [-0.05, 0) is 44.7 Å². The van der Waals surface area contributed by atoms with Gasteiger partial charge in [0.25, 0.3) is 0 Å². The number of amides is 1. The molecular formula is C14H26N2O3. The third-order valence-corrected chi connectivity index (χ3v) is 4.01. The fourth-order valence-electron chi connectivity index (χ4n) is 2.48. The number of carboxylic acid groups (broad SMARTS) is 1. The number of carbonyl (C=O) groups excluding carboxylic acids is 1. The van der Waals surface area contributed by atoms with Crippen LogP contribution in [0.3, 0.4) is 0 Å². The first-order valence-corrected chi connectivity index (χ1v) is 7.15. The van der Waals surface area contributed by atoms with Crippen LogP contribution < -0.4 is 10.6 Å². The van der Waals surface area contributed by atoms with E-state index in [4.69, 9.17) is 5.11 Å². The molecule has 0 bridgehead atoms. The molecule has 0 spiro atoms. The summed E-state index contributed by atoms with van der Waals surface area (Å²) >= 11 is 0. The highest BCUT2D eigenvalue weighted by Gasteiger charge is 2.36. The maximum Gasteiger partial charge on any atom is 0.303 e. The number of carboxylic acids is 1. The van der Waals surface area contributed by atoms with Gasteiger partial charge in [-0.25, -0.2) is 0 Å². The van der Waals surface area contributed by atoms with Crippen molar-refractivity contribution in [1.82, 2.24) is 10.6 Å². The fourth-order valence-corrected chi connectivity index (χ4v) is 2.48. The highest BCUT2D eigenvalue weighted by molar-refractivity contribution is 5.82. The molecule has 1 saturated heterocycles. The van der Waals surface area contributed by atoms with Crippen LogP contribution in [0.2, 0.25) is 0 Å². The van der Waals surface area contributed by atoms with Crippen molar-refractivity contribution in [3.63, 3.8) is 0 Å². The Morgan fingerprint density at radius 3 is 2.68 bits per heavy atom. The molecule has 3 N–H and O–H groups in total. The molecule has 0 radical (unpaired) electrons. The minimum atomic E-state index is -0.778. The Hall–Kier alpha value is -1.10. The zero-order valence-electron chi connectivity index (χ0n) is 12.0. The fraction of sp³-hybridized carbons (Fsp3) is 0.857. The van der Waals surface area contributed by atoms with E-state index in [1.165, 1.54) is 0 Å². The number of rotatable bonds is 7. The van der Waals surface area contributed by atoms with Crippen molar-refractivity contribution in [1.29, 1.82) is 0 Å². The molecule has 1 rings (SSSR count). The molecule has 0 aromatic carbocycles. The lowest BCUT2D eigenvalue weighted by molar-refractivity contribution is -0.137. The van der Waals surface area contributed by atoms with Gasteiger partial charge in [-0.1, -0.05) is 13.8 Å². The minimum absolute atomic E-state index is 0.0801. The van der Waals surface area contributed by atoms with Crippen LogP contribution in [0.25, 0.3) is 0 Å². The molecule has 1 fully saturated rings. The van der Waals surface area contributed by atoms with Crippen LogP contribution in [0.5, 0.6) is 0 Å². The number of hydrogen-bond acceptors (Lipinski definition) is 3. The van der Waals surface area contributed by atoms with Crippen molar-refractivity contribution in [3.8, 4) is 0 Å². The summed E-state index contributed by atoms with van der Waals surface area (Å²) in [6.07, 6.45) is 3.72. The molecule has 0 aromatic heterocycles. The van der Waals surface area contributed by atoms with Crippen molar-refractivity contribution in [3.05, 3.63) is 0 Å². The van der Waals surface area contributed by atoms with Crippen molar-refractivity contribution in [2.75, 3.05) is 19.6 Å². The van der Waals surface area contributed by atoms with Crippen molar-refractivity contribution >= 4 is 11.9 Å². The smallest absolute Gasteiger partial charge is 0.303 e. The molecule has 1 amide bonds. The molecule has 1 aliphatic rings. The van der Waals surface area contributed by atoms with Gasteiger partial charge < -0.3 is 15.7 Å². The number of aliphatic carboxylic acids is 1. The molecule has 5 heteroatoms. The van der Waals surface area contributed by atoms with Crippen molar-refractivity contribution in [2.24, 2.45) is 11.3 Å². The molecule has 1 unspecified atom stereocenters. The van der Waals surface area contributed by atoms with Gasteiger partial charge in [-0.2, -0.15) is 0 Å². The van der Waals surface area contributed by atoms with Gasteiger partial charge in [0.05, 0.1) is 0 Å². The largest absolute Gasteiger partial charge is 0.481 e. The average molecular weight is 270 g/mol. The second-order valence-corrected chi connectivity index (χ2v) is 5.87. The number of unbranched alkanes of at least 4 members (excludes halogenated alkanes) is 1. The summed E-state index contributed by atoms with van der Waals surface area (Å²) in [5.74, 6) is -0.322. The Kier molecular flexibility index (Phi) is 6.28. The molecular weight excluding hydrogens is 244 g/mol. The first-order chi connectivity index (χ1) is 8.94. The molecule has 0 aromatic rings. The van der Waals surface area contributed by atoms with Gasteiger partial charge in [-0.3, -0.25) is 9.59 Å². The van der Waals surface area contributed by atoms with Crippen LogP contribution in [0.1, 0.15) is 46.0 Å². The molecule has 0 aliphatic carbocycles. The van der Waals surface area contributed by atoms with E-state index in [0.717, 1.165) is 32.4 Å². The van der Waals surface area contributed by atoms with E-state index >= 15 is 0 Å². The summed E-state index contributed by atoms with van der Waals surface area (Å²) < 4.78 is 0. The van der Waals surface area contributed by atoms with Gasteiger partial charge in [-0.15, -0.1) is 0 Å². The van der Waals surface area contributed by atoms with Gasteiger partial charge in [0, 0.05) is 18.4 Å². The minimum Gasteiger partial charge on any atom is -0.481 e. The summed E-state index contributed by atoms with van der Waals surface area (Å²) in [5, 5.41) is 14.8. The predicted molar refractivity (Wildman–Crippen MR) is 73.9 cm³/mol. The van der Waals surface area contributed by atoms with E-state index in [-0.39, 0.29) is 17.7 Å². The highest BCUT2D eigenvalue weighted by atomic mass is 16.4. The molecule has 110 valence electrons. The normalized spacial score (nSPS) is 20.0. The maximum atomic E-state index is 12.2. The monoisotopic (exact) mass is 270 g/mol. The summed E-state index contributed by atoms with van der Waals surface area (Å²) in [6.45, 7) is 6.51. The van der Waals surface area contributed by atoms with E-state index in [0.29, 0.717) is 18.9 Å². The predicted octanol–water partition coefficient (Wildman–Crippen LogP) is 1.38. The first-order valence-electron chi connectivity index (χ1n) is 7.15. The molecule has 1 heterocycles. The summed E-state index contributed by atoms with van der Waals surface area (Å²) in [6, 6.07) is 0. The molecule has 5 nitrogen and oxygen atoms in total. The van der Waals surface area contributed by atoms with E-state index in [1.807, 2.05) is 13.8 Å².